The van der Waals surface area contributed by atoms with E-state index < -0.39 is 37.7 Å². The van der Waals surface area contributed by atoms with Gasteiger partial charge in [-0.2, -0.15) is 16.8 Å². The average molecular weight is 1000 g/mol. The Hall–Kier alpha value is -4.59. The van der Waals surface area contributed by atoms with Gasteiger partial charge in [-0.15, -0.1) is 30.2 Å². The number of carbonyl (C=O) groups is 1. The number of rotatable bonds is 17. The van der Waals surface area contributed by atoms with Crippen LogP contribution in [0.15, 0.2) is 102 Å². The first-order chi connectivity index (χ1) is 31.0. The molecule has 0 fully saturated rings. The van der Waals surface area contributed by atoms with Gasteiger partial charge in [0.05, 0.1) is 53.1 Å². The molecule has 21 nitrogen and oxygen atoms in total. The molecular formula is C37H26O21S6. The van der Waals surface area contributed by atoms with Crippen molar-refractivity contribution in [2.45, 2.75) is 36.3 Å². The topological polar surface area (TPSA) is 310 Å². The number of aliphatic carboxylic acids is 1. The second-order valence-corrected chi connectivity index (χ2v) is 18.2. The van der Waals surface area contributed by atoms with Crippen molar-refractivity contribution < 1.29 is 100 Å². The molecule has 0 radical (unpaired) electrons. The third kappa shape index (κ3) is 9.82. The molecule has 64 heavy (non-hydrogen) atoms. The Bertz CT molecular complexity index is 3310. The summed E-state index contributed by atoms with van der Waals surface area (Å²) in [4.78, 5) is 11.8. The fourth-order valence-electron chi connectivity index (χ4n) is 7.10. The maximum absolute atomic E-state index is 12.1. The van der Waals surface area contributed by atoms with Gasteiger partial charge in [0.2, 0.25) is 0 Å². The molecule has 0 unspecified atom stereocenters. The lowest BCUT2D eigenvalue weighted by Gasteiger charge is -2.18. The van der Waals surface area contributed by atoms with Crippen LogP contribution in [0, 0.1) is 19.7 Å². The Morgan fingerprint density at radius 3 is 1.25 bits per heavy atom. The summed E-state index contributed by atoms with van der Waals surface area (Å²) >= 11 is 2.49. The lowest BCUT2D eigenvalue weighted by atomic mass is 9.92. The molecule has 8 aromatic carbocycles. The summed E-state index contributed by atoms with van der Waals surface area (Å²) in [7, 11) is -9.26. The van der Waals surface area contributed by atoms with E-state index >= 15 is 0 Å². The fraction of sp³-hybridized carbons (Fsp3) is 0.0541. The summed E-state index contributed by atoms with van der Waals surface area (Å²) in [6.07, 6.45) is 5.76. The molecule has 0 atom stereocenters. The van der Waals surface area contributed by atoms with Gasteiger partial charge in [-0.1, -0.05) is 62.6 Å². The summed E-state index contributed by atoms with van der Waals surface area (Å²) < 4.78 is 97.2. The van der Waals surface area contributed by atoms with Crippen LogP contribution in [0.2, 0.25) is 0 Å². The minimum Gasteiger partial charge on any atom is -0.481 e. The molecule has 0 aromatic heterocycles. The first-order valence-corrected chi connectivity index (χ1v) is 22.7. The molecule has 0 bridgehead atoms. The monoisotopic (exact) mass is 999 g/mol. The quantitative estimate of drug-likeness (QED) is 0.0111. The number of aryl methyl sites for hydroxylation is 1. The van der Waals surface area contributed by atoms with E-state index in [2.05, 4.69) is 43.9 Å². The van der Waals surface area contributed by atoms with Crippen LogP contribution >= 0.6 is 48.2 Å². The smallest absolute Gasteiger partial charge is 0.341 e. The predicted molar refractivity (Wildman–Crippen MR) is 230 cm³/mol. The highest BCUT2D eigenvalue weighted by Gasteiger charge is 2.26. The van der Waals surface area contributed by atoms with E-state index in [1.54, 1.807) is 36.4 Å². The first kappa shape index (κ1) is 47.4. The molecule has 0 aliphatic carbocycles. The van der Waals surface area contributed by atoms with Gasteiger partial charge in [0.15, 0.2) is 6.61 Å². The number of benzene rings is 8. The zero-order valence-electron chi connectivity index (χ0n) is 32.5. The highest BCUT2D eigenvalue weighted by Crippen LogP contribution is 2.48. The largest absolute Gasteiger partial charge is 0.481 e. The van der Waals surface area contributed by atoms with Gasteiger partial charge in [-0.05, 0) is 80.5 Å². The molecule has 336 valence electrons. The van der Waals surface area contributed by atoms with Gasteiger partial charge >= 0.3 is 5.97 Å². The van der Waals surface area contributed by atoms with Crippen LogP contribution in [0.1, 0.15) is 6.93 Å². The molecule has 8 aromatic rings. The number of carboxylic acid groups (broad SMARTS) is 1. The molecule has 0 aliphatic heterocycles. The van der Waals surface area contributed by atoms with Crippen LogP contribution in [0.5, 0.6) is 5.75 Å². The fourth-order valence-corrected chi connectivity index (χ4v) is 10.8. The molecule has 7 N–H and O–H groups in total. The van der Waals surface area contributed by atoms with E-state index in [-0.39, 0.29) is 20.9 Å². The summed E-state index contributed by atoms with van der Waals surface area (Å²) in [5.74, 6) is -1.09. The Morgan fingerprint density at radius 1 is 0.562 bits per heavy atom. The second-order valence-electron chi connectivity index (χ2n) is 12.5. The first-order valence-electron chi connectivity index (χ1n) is 17.3. The van der Waals surface area contributed by atoms with Crippen molar-refractivity contribution in [2.24, 2.45) is 0 Å². The zero-order valence-corrected chi connectivity index (χ0v) is 36.4. The van der Waals surface area contributed by atoms with E-state index in [1.807, 2.05) is 13.0 Å². The molecule has 0 amide bonds. The number of carboxylic acids is 1. The Morgan fingerprint density at radius 2 is 0.875 bits per heavy atom. The lowest BCUT2D eigenvalue weighted by Crippen LogP contribution is -2.10. The van der Waals surface area contributed by atoms with Crippen LogP contribution in [-0.2, 0) is 62.5 Å². The Balaban J connectivity index is 0.000000205. The SMILES string of the molecule is Cc1cc(SOOO)c2ccc3c(SOOO)cc(S(=O)(=O)O)c4ccc1c2c34.O=C(O)COc1cc(SOOO)c2ccc3c(SOOO)cc(S(=O)(=O)O)c4ccc1c2c34.[2H]C#C. The van der Waals surface area contributed by atoms with Crippen molar-refractivity contribution >= 4 is 139 Å². The maximum Gasteiger partial charge on any atom is 0.341 e. The van der Waals surface area contributed by atoms with Crippen LogP contribution in [0.25, 0.3) is 64.6 Å². The third-order valence-electron chi connectivity index (χ3n) is 9.26. The van der Waals surface area contributed by atoms with Crippen LogP contribution in [0.3, 0.4) is 0 Å². The second kappa shape index (κ2) is 20.7. The van der Waals surface area contributed by atoms with E-state index in [4.69, 9.17) is 32.2 Å². The molecule has 8 rings (SSSR count). The van der Waals surface area contributed by atoms with Crippen molar-refractivity contribution in [3.63, 3.8) is 0 Å². The Labute approximate surface area is 377 Å². The van der Waals surface area contributed by atoms with Crippen molar-refractivity contribution in [1.82, 2.24) is 0 Å². The van der Waals surface area contributed by atoms with E-state index in [9.17, 15) is 30.7 Å². The molecule has 27 heteroatoms. The summed E-state index contributed by atoms with van der Waals surface area (Å²) in [5, 5.41) is 63.9. The standard InChI is InChI=1S/C18H12O12S3.C17H12O9S3.C2H2/c19-16(20)7-26-12-5-13(31-29-27-21)9-2-3-10-14(32-30-28-22)6-15(33(23,24)25)11-4-1-8(12)17(9)18(10)11;1-8-6-13(27-25-23-18)10-3-4-11-14(28-26-24-19)7-15(29(20,21)22)12-5-2-9(8)16(10)17(11)12;1-2/h1-6,21-22H,7H2,(H,19,20)(H,23,24,25);2-7,18-19H,1H3,(H,20,21,22);1-2H/i;;1D. The van der Waals surface area contributed by atoms with Gasteiger partial charge in [0.25, 0.3) is 20.2 Å². The van der Waals surface area contributed by atoms with Gasteiger partial charge in [0, 0.05) is 41.6 Å². The summed E-state index contributed by atoms with van der Waals surface area (Å²) in [5.41, 5.74) is 0.873. The van der Waals surface area contributed by atoms with Gasteiger partial charge in [-0.25, -0.2) is 25.8 Å². The molecule has 0 heterocycles. The average Bonchev–Trinajstić information content (AvgIpc) is 3.27. The van der Waals surface area contributed by atoms with Gasteiger partial charge in [0.1, 0.15) is 16.9 Å². The van der Waals surface area contributed by atoms with Gasteiger partial charge < -0.3 is 9.84 Å². The zero-order chi connectivity index (χ0) is 47.2. The maximum atomic E-state index is 12.1. The lowest BCUT2D eigenvalue weighted by molar-refractivity contribution is -0.432. The van der Waals surface area contributed by atoms with Crippen LogP contribution < -0.4 is 4.74 Å². The van der Waals surface area contributed by atoms with Crippen LogP contribution in [-0.4, -0.2) is 64.7 Å². The van der Waals surface area contributed by atoms with E-state index in [0.29, 0.717) is 99.3 Å². The third-order valence-corrected chi connectivity index (χ3v) is 13.6. The molecule has 0 saturated heterocycles. The summed E-state index contributed by atoms with van der Waals surface area (Å²) in [6.45, 7) is 1.21. The predicted octanol–water partition coefficient (Wildman–Crippen LogP) is 9.40. The minimum atomic E-state index is -4.70. The minimum absolute atomic E-state index is 0.129. The van der Waals surface area contributed by atoms with Crippen molar-refractivity contribution in [1.29, 1.82) is 0 Å². The number of hydrogen-bond donors (Lipinski definition) is 7. The highest BCUT2D eigenvalue weighted by molar-refractivity contribution is 7.95. The highest BCUT2D eigenvalue weighted by atomic mass is 32.2. The van der Waals surface area contributed by atoms with Crippen molar-refractivity contribution in [3.05, 3.63) is 78.4 Å². The number of ether oxygens (including phenoxy) is 1. The molecule has 0 aliphatic rings. The van der Waals surface area contributed by atoms with Crippen LogP contribution in [0.4, 0.5) is 0 Å². The van der Waals surface area contributed by atoms with E-state index in [1.165, 1.54) is 30.7 Å². The molecule has 0 spiro atoms. The molecule has 0 saturated carbocycles. The number of terminal acetylenes is 1. The molecular weight excluding hydrogens is 973 g/mol. The normalized spacial score (nSPS) is 12.1. The Kier molecular flexibility index (Phi) is 15.3. The number of hydrogen-bond acceptors (Lipinski definition) is 22. The van der Waals surface area contributed by atoms with Crippen molar-refractivity contribution in [2.75, 3.05) is 6.61 Å². The van der Waals surface area contributed by atoms with E-state index in [0.717, 1.165) is 34.4 Å². The van der Waals surface area contributed by atoms with Gasteiger partial charge in [-0.3, -0.25) is 9.11 Å². The summed E-state index contributed by atoms with van der Waals surface area (Å²) in [6, 6.07) is 18.9. The van der Waals surface area contributed by atoms with Crippen molar-refractivity contribution in [3.8, 4) is 18.6 Å².